The molecule has 1 aromatic carbocycles. The van der Waals surface area contributed by atoms with Gasteiger partial charge >= 0.3 is 18.2 Å². The molecule has 43 heavy (non-hydrogen) atoms. The fraction of sp³-hybridized carbons (Fsp3) is 0.462. The Balaban J connectivity index is 0.000000541. The first-order valence-corrected chi connectivity index (χ1v) is 13.2. The summed E-state index contributed by atoms with van der Waals surface area (Å²) in [6.45, 7) is 3.05. The van der Waals surface area contributed by atoms with Crippen LogP contribution in [-0.4, -0.2) is 98.7 Å². The molecule has 2 aliphatic heterocycles. The molecule has 2 atom stereocenters. The number of halogens is 4. The molecule has 0 aliphatic carbocycles. The quantitative estimate of drug-likeness (QED) is 0.348. The zero-order chi connectivity index (χ0) is 31.3. The molecule has 0 saturated carbocycles. The standard InChI is InChI=1S/C24H27FN8O3.C2HF3O2/c1-31-10-3-4-16(31)13-36-24-29-20-19(22(30-24)32-11-9-27-15(12-32)7-8-26)28-14-33(23(20)35)21-17(25)5-2-6-18(21)34;3-2(4,5)1(6)7/h2,5-6,14-16,27,34H,3-4,7,9-13H2,1H3;(H,6,7)/t15-,16-;/m0./s1. The molecule has 13 nitrogen and oxygen atoms in total. The summed E-state index contributed by atoms with van der Waals surface area (Å²) < 4.78 is 53.2. The summed E-state index contributed by atoms with van der Waals surface area (Å²) in [7, 11) is 2.03. The Hall–Kier alpha value is -4.56. The topological polar surface area (TPSA) is 170 Å². The predicted molar refractivity (Wildman–Crippen MR) is 144 cm³/mol. The zero-order valence-corrected chi connectivity index (χ0v) is 22.9. The molecule has 5 rings (SSSR count). The first-order chi connectivity index (χ1) is 20.4. The second kappa shape index (κ2) is 13.2. The van der Waals surface area contributed by atoms with Crippen LogP contribution in [0.4, 0.5) is 23.4 Å². The molecule has 2 fully saturated rings. The third-order valence-electron chi connectivity index (χ3n) is 6.99. The van der Waals surface area contributed by atoms with Gasteiger partial charge in [0.2, 0.25) is 0 Å². The number of alkyl halides is 3. The van der Waals surface area contributed by atoms with Gasteiger partial charge in [-0.3, -0.25) is 9.36 Å². The fourth-order valence-corrected chi connectivity index (χ4v) is 4.79. The van der Waals surface area contributed by atoms with Crippen LogP contribution in [0.3, 0.4) is 0 Å². The molecule has 0 radical (unpaired) electrons. The normalized spacial score (nSPS) is 19.0. The van der Waals surface area contributed by atoms with Crippen LogP contribution >= 0.6 is 0 Å². The molecule has 0 unspecified atom stereocenters. The van der Waals surface area contributed by atoms with E-state index >= 15 is 0 Å². The van der Waals surface area contributed by atoms with E-state index in [4.69, 9.17) is 19.9 Å². The molecule has 2 aromatic heterocycles. The third-order valence-corrected chi connectivity index (χ3v) is 6.99. The molecule has 3 N–H and O–H groups in total. The second-order valence-electron chi connectivity index (χ2n) is 9.90. The number of nitrogens with zero attached hydrogens (tertiary/aromatic N) is 7. The van der Waals surface area contributed by atoms with Crippen molar-refractivity contribution in [3.05, 3.63) is 40.7 Å². The van der Waals surface area contributed by atoms with Crippen molar-refractivity contribution in [1.29, 1.82) is 5.26 Å². The summed E-state index contributed by atoms with van der Waals surface area (Å²) in [5.41, 5.74) is -0.760. The number of aromatic nitrogens is 4. The van der Waals surface area contributed by atoms with E-state index < -0.39 is 29.3 Å². The van der Waals surface area contributed by atoms with Crippen molar-refractivity contribution < 1.29 is 37.3 Å². The number of likely N-dealkylation sites (tertiary alicyclic amines) is 1. The molecule has 0 spiro atoms. The number of anilines is 1. The highest BCUT2D eigenvalue weighted by molar-refractivity contribution is 5.85. The maximum atomic E-state index is 14.6. The Bertz CT molecular complexity index is 1560. The molecule has 2 saturated heterocycles. The lowest BCUT2D eigenvalue weighted by atomic mass is 10.1. The number of para-hydroxylation sites is 1. The van der Waals surface area contributed by atoms with Gasteiger partial charge in [0, 0.05) is 31.7 Å². The monoisotopic (exact) mass is 608 g/mol. The SMILES string of the molecule is CN1CCC[C@H]1COc1nc(N2CCN[C@@H](CC#N)C2)c2ncn(-c3c(O)cccc3F)c(=O)c2n1.O=C(O)C(F)(F)F. The van der Waals surface area contributed by atoms with E-state index in [0.717, 1.165) is 30.0 Å². The van der Waals surface area contributed by atoms with Crippen LogP contribution in [0.1, 0.15) is 19.3 Å². The highest BCUT2D eigenvalue weighted by Crippen LogP contribution is 2.27. The molecule has 2 aliphatic rings. The molecule has 0 amide bonds. The van der Waals surface area contributed by atoms with Crippen LogP contribution in [0.15, 0.2) is 29.3 Å². The average molecular weight is 609 g/mol. The van der Waals surface area contributed by atoms with Gasteiger partial charge in [0.25, 0.3) is 5.56 Å². The van der Waals surface area contributed by atoms with Gasteiger partial charge in [0.1, 0.15) is 29.9 Å². The van der Waals surface area contributed by atoms with Crippen LogP contribution < -0.4 is 20.5 Å². The van der Waals surface area contributed by atoms with Gasteiger partial charge in [-0.15, -0.1) is 0 Å². The lowest BCUT2D eigenvalue weighted by molar-refractivity contribution is -0.192. The van der Waals surface area contributed by atoms with Crippen molar-refractivity contribution in [3.8, 4) is 23.5 Å². The van der Waals surface area contributed by atoms with E-state index in [2.05, 4.69) is 31.2 Å². The number of hydrogen-bond acceptors (Lipinski definition) is 11. The van der Waals surface area contributed by atoms with Crippen molar-refractivity contribution in [2.75, 3.05) is 44.7 Å². The lowest BCUT2D eigenvalue weighted by Crippen LogP contribution is -2.51. The first-order valence-electron chi connectivity index (χ1n) is 13.2. The number of phenols is 1. The van der Waals surface area contributed by atoms with Crippen LogP contribution in [0.2, 0.25) is 0 Å². The number of hydrogen-bond donors (Lipinski definition) is 3. The Labute approximate surface area is 242 Å². The molecule has 4 heterocycles. The molecular weight excluding hydrogens is 580 g/mol. The highest BCUT2D eigenvalue weighted by Gasteiger charge is 2.38. The number of piperazine rings is 1. The van der Waals surface area contributed by atoms with E-state index in [1.807, 2.05) is 11.9 Å². The molecule has 17 heteroatoms. The Morgan fingerprint density at radius 2 is 2.00 bits per heavy atom. The number of aliphatic carboxylic acids is 1. The average Bonchev–Trinajstić information content (AvgIpc) is 3.37. The summed E-state index contributed by atoms with van der Waals surface area (Å²) in [4.78, 5) is 40.0. The summed E-state index contributed by atoms with van der Waals surface area (Å²) in [5.74, 6) is -3.50. The Morgan fingerprint density at radius 3 is 2.63 bits per heavy atom. The number of aromatic hydroxyl groups is 1. The zero-order valence-electron chi connectivity index (χ0n) is 22.9. The fourth-order valence-electron chi connectivity index (χ4n) is 4.79. The first kappa shape index (κ1) is 31.4. The minimum absolute atomic E-state index is 0.0302. The lowest BCUT2D eigenvalue weighted by Gasteiger charge is -2.33. The number of nitriles is 1. The summed E-state index contributed by atoms with van der Waals surface area (Å²) in [6, 6.07) is 6.15. The smallest absolute Gasteiger partial charge is 0.490 e. The summed E-state index contributed by atoms with van der Waals surface area (Å²) in [5, 5.41) is 29.8. The van der Waals surface area contributed by atoms with E-state index in [9.17, 15) is 27.5 Å². The van der Waals surface area contributed by atoms with Gasteiger partial charge in [0.15, 0.2) is 17.2 Å². The van der Waals surface area contributed by atoms with Crippen LogP contribution in [0, 0.1) is 17.1 Å². The third kappa shape index (κ3) is 7.27. The van der Waals surface area contributed by atoms with Crippen molar-refractivity contribution in [1.82, 2.24) is 29.7 Å². The van der Waals surface area contributed by atoms with E-state index in [0.29, 0.717) is 38.5 Å². The minimum Gasteiger partial charge on any atom is -0.506 e. The second-order valence-corrected chi connectivity index (χ2v) is 9.90. The highest BCUT2D eigenvalue weighted by atomic mass is 19.4. The van der Waals surface area contributed by atoms with Gasteiger partial charge in [-0.2, -0.15) is 28.4 Å². The van der Waals surface area contributed by atoms with Crippen LogP contribution in [-0.2, 0) is 4.79 Å². The number of fused-ring (bicyclic) bond motifs is 1. The van der Waals surface area contributed by atoms with Crippen molar-refractivity contribution in [2.45, 2.75) is 37.5 Å². The largest absolute Gasteiger partial charge is 0.506 e. The Morgan fingerprint density at radius 1 is 1.26 bits per heavy atom. The van der Waals surface area contributed by atoms with Gasteiger partial charge in [-0.25, -0.2) is 14.2 Å². The number of likely N-dealkylation sites (N-methyl/N-ethyl adjacent to an activating group) is 1. The summed E-state index contributed by atoms with van der Waals surface area (Å²) >= 11 is 0. The van der Waals surface area contributed by atoms with Crippen molar-refractivity contribution in [2.24, 2.45) is 0 Å². The van der Waals surface area contributed by atoms with E-state index in [1.165, 1.54) is 18.5 Å². The summed E-state index contributed by atoms with van der Waals surface area (Å²) in [6.07, 6.45) is -1.52. The number of nitrogens with one attached hydrogen (secondary N) is 1. The molecule has 0 bridgehead atoms. The maximum absolute atomic E-state index is 14.6. The number of ether oxygens (including phenoxy) is 1. The van der Waals surface area contributed by atoms with Gasteiger partial charge < -0.3 is 30.1 Å². The maximum Gasteiger partial charge on any atom is 0.490 e. The molecule has 230 valence electrons. The number of carboxylic acids is 1. The molecule has 3 aromatic rings. The minimum atomic E-state index is -5.08. The number of carbonyl (C=O) groups is 1. The molecular formula is C26H28F4N8O5. The van der Waals surface area contributed by atoms with Crippen molar-refractivity contribution in [3.63, 3.8) is 0 Å². The number of phenolic OH excluding ortho intramolecular Hbond substituents is 1. The van der Waals surface area contributed by atoms with Gasteiger partial charge in [-0.05, 0) is 38.6 Å². The van der Waals surface area contributed by atoms with Gasteiger partial charge in [0.05, 0.1) is 12.5 Å². The Kier molecular flexibility index (Phi) is 9.61. The van der Waals surface area contributed by atoms with E-state index in [-0.39, 0.29) is 34.8 Å². The number of rotatable bonds is 6. The van der Waals surface area contributed by atoms with Crippen LogP contribution in [0.25, 0.3) is 16.7 Å². The van der Waals surface area contributed by atoms with Gasteiger partial charge in [-0.1, -0.05) is 6.07 Å². The van der Waals surface area contributed by atoms with Crippen LogP contribution in [0.5, 0.6) is 11.8 Å². The number of benzene rings is 1. The predicted octanol–water partition coefficient (Wildman–Crippen LogP) is 1.82. The van der Waals surface area contributed by atoms with Crippen molar-refractivity contribution >= 4 is 22.8 Å². The number of carboxylic acid groups (broad SMARTS) is 1. The van der Waals surface area contributed by atoms with E-state index in [1.54, 1.807) is 0 Å².